The monoisotopic (exact) mass is 433 g/mol. The lowest BCUT2D eigenvalue weighted by Crippen LogP contribution is -2.42. The molecule has 1 saturated heterocycles. The first-order valence-electron chi connectivity index (χ1n) is 10.2. The summed E-state index contributed by atoms with van der Waals surface area (Å²) in [5, 5.41) is 2.54. The van der Waals surface area contributed by atoms with Gasteiger partial charge >= 0.3 is 0 Å². The number of aromatic nitrogens is 3. The van der Waals surface area contributed by atoms with Crippen molar-refractivity contribution in [3.05, 3.63) is 82.2 Å². The van der Waals surface area contributed by atoms with Gasteiger partial charge in [-0.3, -0.25) is 19.4 Å². The minimum atomic E-state index is -0.377. The summed E-state index contributed by atoms with van der Waals surface area (Å²) in [7, 11) is 3.17. The lowest BCUT2D eigenvalue weighted by atomic mass is 10.1. The number of carbonyl (C=O) groups is 2. The minimum absolute atomic E-state index is 0.154. The highest BCUT2D eigenvalue weighted by atomic mass is 16.5. The van der Waals surface area contributed by atoms with Gasteiger partial charge in [-0.15, -0.1) is 0 Å². The van der Waals surface area contributed by atoms with Crippen LogP contribution in [-0.2, 0) is 11.8 Å². The zero-order chi connectivity index (χ0) is 22.7. The lowest BCUT2D eigenvalue weighted by molar-refractivity contribution is -0.0247. The Hall–Kier alpha value is -3.85. The van der Waals surface area contributed by atoms with Crippen molar-refractivity contribution in [2.45, 2.75) is 6.10 Å². The number of amides is 2. The smallest absolute Gasteiger partial charge is 0.269 e. The molecule has 0 aliphatic carbocycles. The number of aryl methyl sites for hydroxylation is 1. The van der Waals surface area contributed by atoms with Gasteiger partial charge in [0, 0.05) is 44.7 Å². The van der Waals surface area contributed by atoms with E-state index in [-0.39, 0.29) is 23.5 Å². The van der Waals surface area contributed by atoms with Crippen molar-refractivity contribution in [2.24, 2.45) is 7.05 Å². The third-order valence-electron chi connectivity index (χ3n) is 5.31. The first kappa shape index (κ1) is 21.4. The number of hydrogen-bond donors (Lipinski definition) is 1. The summed E-state index contributed by atoms with van der Waals surface area (Å²) in [6.45, 7) is 1.20. The first-order valence-corrected chi connectivity index (χ1v) is 10.2. The van der Waals surface area contributed by atoms with Crippen molar-refractivity contribution < 1.29 is 14.3 Å². The third kappa shape index (κ3) is 4.42. The molecule has 2 amide bonds. The molecule has 0 saturated carbocycles. The predicted octanol–water partition coefficient (Wildman–Crippen LogP) is 1.42. The van der Waals surface area contributed by atoms with Gasteiger partial charge in [0.25, 0.3) is 11.8 Å². The average molecular weight is 433 g/mol. The second kappa shape index (κ2) is 9.11. The maximum Gasteiger partial charge on any atom is 0.269 e. The summed E-state index contributed by atoms with van der Waals surface area (Å²) in [4.78, 5) is 46.8. The molecule has 164 valence electrons. The fourth-order valence-corrected chi connectivity index (χ4v) is 3.52. The maximum atomic E-state index is 12.9. The van der Waals surface area contributed by atoms with Gasteiger partial charge in [-0.1, -0.05) is 6.07 Å². The van der Waals surface area contributed by atoms with E-state index in [0.29, 0.717) is 42.3 Å². The molecule has 1 fully saturated rings. The molecule has 0 unspecified atom stereocenters. The van der Waals surface area contributed by atoms with E-state index in [4.69, 9.17) is 9.72 Å². The van der Waals surface area contributed by atoms with E-state index in [9.17, 15) is 14.4 Å². The van der Waals surface area contributed by atoms with E-state index in [1.807, 2.05) is 18.2 Å². The van der Waals surface area contributed by atoms with Gasteiger partial charge in [-0.2, -0.15) is 0 Å². The summed E-state index contributed by atoms with van der Waals surface area (Å²) < 4.78 is 7.29. The number of pyridine rings is 3. The highest BCUT2D eigenvalue weighted by molar-refractivity contribution is 5.94. The number of hydrogen-bond acceptors (Lipinski definition) is 6. The van der Waals surface area contributed by atoms with Crippen molar-refractivity contribution in [3.8, 4) is 11.3 Å². The Morgan fingerprint density at radius 1 is 1.16 bits per heavy atom. The van der Waals surface area contributed by atoms with Crippen LogP contribution in [0.15, 0.2) is 59.7 Å². The molecule has 9 nitrogen and oxygen atoms in total. The van der Waals surface area contributed by atoms with Gasteiger partial charge in [-0.05, 0) is 30.3 Å². The standard InChI is InChI=1S/C23H23N5O4/c1-24-22(30)19-8-6-15(12-25-19)17-4-3-5-18(26-17)20-14-28(10-11-32-20)23(31)16-7-9-21(29)27(2)13-16/h3-9,12-13,20H,10-11,14H2,1-2H3,(H,24,30)/t20-/m0/s1. The normalized spacial score (nSPS) is 15.9. The fraction of sp³-hybridized carbons (Fsp3) is 0.261. The van der Waals surface area contributed by atoms with E-state index in [0.717, 1.165) is 5.56 Å². The van der Waals surface area contributed by atoms with Gasteiger partial charge in [0.15, 0.2) is 0 Å². The van der Waals surface area contributed by atoms with Gasteiger partial charge < -0.3 is 19.5 Å². The average Bonchev–Trinajstić information content (AvgIpc) is 2.85. The largest absolute Gasteiger partial charge is 0.368 e. The quantitative estimate of drug-likeness (QED) is 0.667. The molecule has 0 radical (unpaired) electrons. The van der Waals surface area contributed by atoms with Crippen molar-refractivity contribution in [1.29, 1.82) is 0 Å². The number of nitrogens with one attached hydrogen (secondary N) is 1. The highest BCUT2D eigenvalue weighted by Crippen LogP contribution is 2.25. The Bertz CT molecular complexity index is 1210. The highest BCUT2D eigenvalue weighted by Gasteiger charge is 2.27. The molecule has 0 bridgehead atoms. The van der Waals surface area contributed by atoms with E-state index < -0.39 is 0 Å². The number of morpholine rings is 1. The maximum absolute atomic E-state index is 12.9. The Kier molecular flexibility index (Phi) is 6.09. The molecule has 0 spiro atoms. The van der Waals surface area contributed by atoms with Crippen LogP contribution in [0.5, 0.6) is 0 Å². The molecule has 1 atom stereocenters. The molecule has 1 aliphatic rings. The number of nitrogens with zero attached hydrogens (tertiary/aromatic N) is 4. The van der Waals surface area contributed by atoms with Crippen molar-refractivity contribution in [3.63, 3.8) is 0 Å². The van der Waals surface area contributed by atoms with Crippen LogP contribution < -0.4 is 10.9 Å². The molecule has 3 aromatic rings. The van der Waals surface area contributed by atoms with Crippen molar-refractivity contribution in [1.82, 2.24) is 24.8 Å². The molecule has 4 rings (SSSR count). The minimum Gasteiger partial charge on any atom is -0.368 e. The van der Waals surface area contributed by atoms with Crippen LogP contribution >= 0.6 is 0 Å². The summed E-state index contributed by atoms with van der Waals surface area (Å²) in [6, 6.07) is 12.0. The van der Waals surface area contributed by atoms with Crippen LogP contribution in [-0.4, -0.2) is 58.0 Å². The summed E-state index contributed by atoms with van der Waals surface area (Å²) >= 11 is 0. The van der Waals surface area contributed by atoms with Crippen LogP contribution in [0.25, 0.3) is 11.3 Å². The molecule has 1 aliphatic heterocycles. The lowest BCUT2D eigenvalue weighted by Gasteiger charge is -2.33. The summed E-state index contributed by atoms with van der Waals surface area (Å²) in [5.74, 6) is -0.406. The molecule has 3 aromatic heterocycles. The zero-order valence-electron chi connectivity index (χ0n) is 17.8. The van der Waals surface area contributed by atoms with Crippen molar-refractivity contribution >= 4 is 11.8 Å². The SMILES string of the molecule is CNC(=O)c1ccc(-c2cccc([C@@H]3CN(C(=O)c4ccc(=O)n(C)c4)CCO3)n2)cn1. The van der Waals surface area contributed by atoms with E-state index in [1.165, 1.54) is 10.6 Å². The molecule has 32 heavy (non-hydrogen) atoms. The van der Waals surface area contributed by atoms with Gasteiger partial charge in [0.2, 0.25) is 5.56 Å². The first-order chi connectivity index (χ1) is 15.5. The number of ether oxygens (including phenoxy) is 1. The Morgan fingerprint density at radius 3 is 2.72 bits per heavy atom. The van der Waals surface area contributed by atoms with Gasteiger partial charge in [0.1, 0.15) is 11.8 Å². The number of carbonyl (C=O) groups excluding carboxylic acids is 2. The van der Waals surface area contributed by atoms with Crippen LogP contribution in [0, 0.1) is 0 Å². The third-order valence-corrected chi connectivity index (χ3v) is 5.31. The van der Waals surface area contributed by atoms with E-state index >= 15 is 0 Å². The van der Waals surface area contributed by atoms with Crippen molar-refractivity contribution in [2.75, 3.05) is 26.7 Å². The molecule has 9 heteroatoms. The molecular weight excluding hydrogens is 410 g/mol. The summed E-state index contributed by atoms with van der Waals surface area (Å²) in [6.07, 6.45) is 2.77. The van der Waals surface area contributed by atoms with Crippen LogP contribution in [0.1, 0.15) is 32.6 Å². The molecule has 4 heterocycles. The Balaban J connectivity index is 1.52. The van der Waals surface area contributed by atoms with Crippen LogP contribution in [0.2, 0.25) is 0 Å². The Morgan fingerprint density at radius 2 is 2.00 bits per heavy atom. The second-order valence-corrected chi connectivity index (χ2v) is 7.44. The molecule has 1 N–H and O–H groups in total. The molecular formula is C23H23N5O4. The summed E-state index contributed by atoms with van der Waals surface area (Å²) in [5.41, 5.74) is 2.79. The van der Waals surface area contributed by atoms with Crippen LogP contribution in [0.4, 0.5) is 0 Å². The van der Waals surface area contributed by atoms with Crippen LogP contribution in [0.3, 0.4) is 0 Å². The predicted molar refractivity (Wildman–Crippen MR) is 117 cm³/mol. The zero-order valence-corrected chi connectivity index (χ0v) is 17.8. The van der Waals surface area contributed by atoms with Gasteiger partial charge in [-0.25, -0.2) is 4.98 Å². The van der Waals surface area contributed by atoms with E-state index in [2.05, 4.69) is 10.3 Å². The fourth-order valence-electron chi connectivity index (χ4n) is 3.52. The van der Waals surface area contributed by atoms with Gasteiger partial charge in [0.05, 0.1) is 30.1 Å². The number of rotatable bonds is 4. The molecule has 0 aromatic carbocycles. The second-order valence-electron chi connectivity index (χ2n) is 7.44. The Labute approximate surface area is 184 Å². The topological polar surface area (TPSA) is 106 Å². The van der Waals surface area contributed by atoms with E-state index in [1.54, 1.807) is 49.6 Å².